The summed E-state index contributed by atoms with van der Waals surface area (Å²) < 4.78 is 43.0. The molecule has 0 bridgehead atoms. The number of nitrogens with zero attached hydrogens (tertiary/aromatic N) is 1. The topological polar surface area (TPSA) is 87.7 Å². The molecule has 7 nitrogen and oxygen atoms in total. The molecule has 0 aliphatic carbocycles. The van der Waals surface area contributed by atoms with Crippen LogP contribution in [0.1, 0.15) is 11.1 Å². The molecule has 0 saturated carbocycles. The highest BCUT2D eigenvalue weighted by molar-refractivity contribution is 6.16. The van der Waals surface area contributed by atoms with Gasteiger partial charge in [0.25, 0.3) is 5.91 Å². The molecule has 0 spiro atoms. The van der Waals surface area contributed by atoms with E-state index in [9.17, 15) is 27.6 Å². The molecular formula is C20H16F3N3O4. The fraction of sp³-hybridized carbons (Fsp3) is 0.150. The van der Waals surface area contributed by atoms with Crippen LogP contribution < -0.4 is 15.4 Å². The van der Waals surface area contributed by atoms with Crippen molar-refractivity contribution in [2.24, 2.45) is 0 Å². The van der Waals surface area contributed by atoms with Crippen LogP contribution in [0.3, 0.4) is 0 Å². The van der Waals surface area contributed by atoms with Gasteiger partial charge in [-0.1, -0.05) is 24.3 Å². The van der Waals surface area contributed by atoms with Crippen LogP contribution in [0.15, 0.2) is 54.2 Å². The van der Waals surface area contributed by atoms with E-state index in [4.69, 9.17) is 4.74 Å². The summed E-state index contributed by atoms with van der Waals surface area (Å²) in [6, 6.07) is 9.89. The number of imide groups is 1. The second kappa shape index (κ2) is 8.27. The Labute approximate surface area is 169 Å². The molecule has 30 heavy (non-hydrogen) atoms. The van der Waals surface area contributed by atoms with Crippen LogP contribution in [0.5, 0.6) is 5.75 Å². The first-order valence-corrected chi connectivity index (χ1v) is 8.63. The van der Waals surface area contributed by atoms with Crippen molar-refractivity contribution in [2.75, 3.05) is 19.0 Å². The molecule has 2 N–H and O–H groups in total. The van der Waals surface area contributed by atoms with Crippen LogP contribution in [-0.2, 0) is 15.8 Å². The van der Waals surface area contributed by atoms with Crippen molar-refractivity contribution >= 4 is 29.6 Å². The third-order valence-corrected chi connectivity index (χ3v) is 4.19. The molecule has 0 atom stereocenters. The highest BCUT2D eigenvalue weighted by Crippen LogP contribution is 2.29. The standard InChI is InChI=1S/C20H16F3N3O4/c1-30-16-5-3-2-4-14(16)24-17(27)11-26-18(28)15(25-19(26)29)10-12-6-8-13(9-7-12)20(21,22)23/h2-10H,11H2,1H3,(H,24,27)(H,25,29)/b15-10+. The number of para-hydroxylation sites is 2. The molecule has 1 fully saturated rings. The lowest BCUT2D eigenvalue weighted by Gasteiger charge is -2.13. The maximum Gasteiger partial charge on any atom is 0.416 e. The lowest BCUT2D eigenvalue weighted by molar-refractivity contribution is -0.137. The van der Waals surface area contributed by atoms with Crippen LogP contribution in [0.2, 0.25) is 0 Å². The minimum absolute atomic E-state index is 0.148. The molecule has 10 heteroatoms. The Bertz CT molecular complexity index is 1020. The summed E-state index contributed by atoms with van der Waals surface area (Å²) in [7, 11) is 1.43. The summed E-state index contributed by atoms with van der Waals surface area (Å²) in [6.45, 7) is -0.549. The van der Waals surface area contributed by atoms with E-state index < -0.39 is 36.1 Å². The third-order valence-electron chi connectivity index (χ3n) is 4.19. The number of rotatable bonds is 5. The monoisotopic (exact) mass is 419 g/mol. The van der Waals surface area contributed by atoms with E-state index in [1.165, 1.54) is 25.3 Å². The largest absolute Gasteiger partial charge is 0.495 e. The van der Waals surface area contributed by atoms with Crippen LogP contribution in [0.25, 0.3) is 6.08 Å². The Balaban J connectivity index is 1.70. The van der Waals surface area contributed by atoms with Gasteiger partial charge >= 0.3 is 12.2 Å². The van der Waals surface area contributed by atoms with E-state index in [1.54, 1.807) is 24.3 Å². The zero-order valence-electron chi connectivity index (χ0n) is 15.6. The highest BCUT2D eigenvalue weighted by Gasteiger charge is 2.35. The average Bonchev–Trinajstić information content (AvgIpc) is 2.95. The van der Waals surface area contributed by atoms with Gasteiger partial charge in [0.1, 0.15) is 18.0 Å². The number of halogens is 3. The summed E-state index contributed by atoms with van der Waals surface area (Å²) in [4.78, 5) is 37.5. The fourth-order valence-electron chi connectivity index (χ4n) is 2.73. The summed E-state index contributed by atoms with van der Waals surface area (Å²) in [5.41, 5.74) is -0.324. The Morgan fingerprint density at radius 1 is 1.13 bits per heavy atom. The van der Waals surface area contributed by atoms with Gasteiger partial charge in [-0.15, -0.1) is 0 Å². The number of hydrogen-bond acceptors (Lipinski definition) is 4. The molecule has 0 aromatic heterocycles. The number of methoxy groups -OCH3 is 1. The van der Waals surface area contributed by atoms with E-state index >= 15 is 0 Å². The first-order chi connectivity index (χ1) is 14.2. The molecule has 2 aromatic carbocycles. The molecule has 0 unspecified atom stereocenters. The van der Waals surface area contributed by atoms with Crippen molar-refractivity contribution in [1.29, 1.82) is 0 Å². The Morgan fingerprint density at radius 3 is 2.43 bits per heavy atom. The van der Waals surface area contributed by atoms with Crippen molar-refractivity contribution < 1.29 is 32.3 Å². The molecule has 4 amide bonds. The SMILES string of the molecule is COc1ccccc1NC(=O)CN1C(=O)N/C(=C/c2ccc(C(F)(F)F)cc2)C1=O. The fourth-order valence-corrected chi connectivity index (χ4v) is 2.73. The van der Waals surface area contributed by atoms with E-state index in [0.29, 0.717) is 16.3 Å². The normalized spacial score (nSPS) is 15.3. The zero-order valence-corrected chi connectivity index (χ0v) is 15.6. The van der Waals surface area contributed by atoms with Gasteiger partial charge in [-0.3, -0.25) is 9.59 Å². The predicted molar refractivity (Wildman–Crippen MR) is 101 cm³/mol. The van der Waals surface area contributed by atoms with Crippen molar-refractivity contribution in [2.45, 2.75) is 6.18 Å². The van der Waals surface area contributed by atoms with E-state index in [-0.39, 0.29) is 11.3 Å². The highest BCUT2D eigenvalue weighted by atomic mass is 19.4. The number of benzene rings is 2. The quantitative estimate of drug-likeness (QED) is 0.575. The van der Waals surface area contributed by atoms with Crippen LogP contribution in [0, 0.1) is 0 Å². The number of anilines is 1. The molecule has 156 valence electrons. The van der Waals surface area contributed by atoms with Crippen molar-refractivity contribution in [1.82, 2.24) is 10.2 Å². The van der Waals surface area contributed by atoms with Gasteiger partial charge in [0, 0.05) is 0 Å². The lowest BCUT2D eigenvalue weighted by atomic mass is 10.1. The van der Waals surface area contributed by atoms with Crippen LogP contribution in [0.4, 0.5) is 23.7 Å². The van der Waals surface area contributed by atoms with Gasteiger partial charge in [-0.05, 0) is 35.9 Å². The van der Waals surface area contributed by atoms with Gasteiger partial charge < -0.3 is 15.4 Å². The molecule has 1 heterocycles. The first kappa shape index (κ1) is 20.9. The maximum absolute atomic E-state index is 12.6. The number of nitrogens with one attached hydrogen (secondary N) is 2. The first-order valence-electron chi connectivity index (χ1n) is 8.63. The molecule has 2 aromatic rings. The second-order valence-electron chi connectivity index (χ2n) is 6.25. The molecule has 1 aliphatic heterocycles. The number of carbonyl (C=O) groups is 3. The van der Waals surface area contributed by atoms with Crippen molar-refractivity contribution in [3.05, 3.63) is 65.4 Å². The summed E-state index contributed by atoms with van der Waals surface area (Å²) in [5, 5.41) is 4.86. The van der Waals surface area contributed by atoms with Crippen LogP contribution in [-0.4, -0.2) is 36.4 Å². The number of carbonyl (C=O) groups excluding carboxylic acids is 3. The number of hydrogen-bond donors (Lipinski definition) is 2. The van der Waals surface area contributed by atoms with Gasteiger partial charge in [-0.25, -0.2) is 9.69 Å². The average molecular weight is 419 g/mol. The molecular weight excluding hydrogens is 403 g/mol. The number of alkyl halides is 3. The number of ether oxygens (including phenoxy) is 1. The zero-order chi connectivity index (χ0) is 21.9. The lowest BCUT2D eigenvalue weighted by Crippen LogP contribution is -2.38. The minimum Gasteiger partial charge on any atom is -0.495 e. The second-order valence-corrected chi connectivity index (χ2v) is 6.25. The van der Waals surface area contributed by atoms with E-state index in [2.05, 4.69) is 10.6 Å². The smallest absolute Gasteiger partial charge is 0.416 e. The summed E-state index contributed by atoms with van der Waals surface area (Å²) >= 11 is 0. The molecule has 0 radical (unpaired) electrons. The van der Waals surface area contributed by atoms with Gasteiger partial charge in [-0.2, -0.15) is 13.2 Å². The van der Waals surface area contributed by atoms with E-state index in [1.807, 2.05) is 0 Å². The number of amides is 4. The van der Waals surface area contributed by atoms with Crippen LogP contribution >= 0.6 is 0 Å². The van der Waals surface area contributed by atoms with E-state index in [0.717, 1.165) is 12.1 Å². The Morgan fingerprint density at radius 2 is 1.80 bits per heavy atom. The predicted octanol–water partition coefficient (Wildman–Crippen LogP) is 3.25. The van der Waals surface area contributed by atoms with Crippen molar-refractivity contribution in [3.63, 3.8) is 0 Å². The minimum atomic E-state index is -4.48. The molecule has 3 rings (SSSR count). The summed E-state index contributed by atoms with van der Waals surface area (Å²) in [5.74, 6) is -0.986. The Kier molecular flexibility index (Phi) is 5.77. The Hall–Kier alpha value is -3.82. The van der Waals surface area contributed by atoms with Gasteiger partial charge in [0.05, 0.1) is 18.4 Å². The maximum atomic E-state index is 12.6. The molecule has 1 saturated heterocycles. The molecule has 1 aliphatic rings. The third kappa shape index (κ3) is 4.59. The van der Waals surface area contributed by atoms with Crippen molar-refractivity contribution in [3.8, 4) is 5.75 Å². The van der Waals surface area contributed by atoms with Gasteiger partial charge in [0.15, 0.2) is 0 Å². The summed E-state index contributed by atoms with van der Waals surface area (Å²) in [6.07, 6.45) is -3.24. The van der Waals surface area contributed by atoms with Gasteiger partial charge in [0.2, 0.25) is 5.91 Å². The number of urea groups is 1.